The summed E-state index contributed by atoms with van der Waals surface area (Å²) < 4.78 is 0. The molecule has 0 aliphatic rings. The molecule has 74 heavy (non-hydrogen) atoms. The summed E-state index contributed by atoms with van der Waals surface area (Å²) in [6, 6.07) is -0.138. The molecule has 0 aromatic heterocycles. The van der Waals surface area contributed by atoms with Crippen LogP contribution in [-0.2, 0) is 49.6 Å². The third-order valence-electron chi connectivity index (χ3n) is 12.5. The van der Waals surface area contributed by atoms with Crippen LogP contribution in [-0.4, -0.2) is 122 Å². The molecule has 0 spiro atoms. The van der Waals surface area contributed by atoms with Gasteiger partial charge in [0.1, 0.15) is 29.9 Å². The number of hydrogen-bond acceptors (Lipinski definition) is 13. The minimum Gasteiger partial charge on any atom is -0.508 e. The van der Waals surface area contributed by atoms with E-state index in [9.17, 15) is 48.3 Å². The van der Waals surface area contributed by atoms with Crippen LogP contribution < -0.4 is 59.7 Å². The maximum atomic E-state index is 14.1. The van der Waals surface area contributed by atoms with E-state index in [1.165, 1.54) is 82.1 Å². The Bertz CT molecular complexity index is 1830. The number of amides is 9. The number of carbonyl (C=O) groups is 9. The summed E-state index contributed by atoms with van der Waals surface area (Å²) in [5, 5.41) is 30.6. The van der Waals surface area contributed by atoms with Crippen LogP contribution in [0.3, 0.4) is 0 Å². The number of unbranched alkanes of at least 4 members (excludes halogenated alkanes) is 14. The second kappa shape index (κ2) is 40.7. The molecule has 0 aliphatic carbocycles. The molecule has 0 radical (unpaired) electrons. The third-order valence-corrected chi connectivity index (χ3v) is 12.5. The van der Waals surface area contributed by atoms with E-state index < -0.39 is 84.0 Å². The van der Waals surface area contributed by atoms with Crippen molar-refractivity contribution in [3.05, 3.63) is 29.8 Å². The van der Waals surface area contributed by atoms with Gasteiger partial charge in [0, 0.05) is 19.3 Å². The molecule has 1 aromatic carbocycles. The highest BCUT2D eigenvalue weighted by Gasteiger charge is 2.33. The fourth-order valence-corrected chi connectivity index (χ4v) is 8.15. The van der Waals surface area contributed by atoms with Crippen LogP contribution in [0, 0.1) is 5.92 Å². The fraction of sp³-hybridized carbons (Fsp3) is 0.717. The van der Waals surface area contributed by atoms with Gasteiger partial charge in [-0.2, -0.15) is 0 Å². The summed E-state index contributed by atoms with van der Waals surface area (Å²) in [7, 11) is 1.60. The molecule has 1 aromatic rings. The zero-order chi connectivity index (χ0) is 55.1. The number of imide groups is 1. The summed E-state index contributed by atoms with van der Waals surface area (Å²) in [6.45, 7) is 5.77. The first-order valence-electron chi connectivity index (χ1n) is 27.2. The molecule has 15 N–H and O–H groups in total. The van der Waals surface area contributed by atoms with Gasteiger partial charge in [0.25, 0.3) is 0 Å². The van der Waals surface area contributed by atoms with Crippen molar-refractivity contribution in [3.8, 4) is 5.75 Å². The molecule has 0 bridgehead atoms. The number of aromatic hydroxyl groups is 1. The Kier molecular flexibility index (Phi) is 36.5. The van der Waals surface area contributed by atoms with Crippen LogP contribution in [0.1, 0.15) is 174 Å². The number of nitrogens with one attached hydrogen (secondary N) is 8. The summed E-state index contributed by atoms with van der Waals surface area (Å²) >= 11 is 0. The first kappa shape index (κ1) is 66.3. The zero-order valence-electron chi connectivity index (χ0n) is 44.9. The Labute approximate surface area is 439 Å². The molecule has 1 rings (SSSR count). The van der Waals surface area contributed by atoms with E-state index in [-0.39, 0.29) is 69.2 Å². The van der Waals surface area contributed by atoms with Gasteiger partial charge in [-0.25, -0.2) is 0 Å². The van der Waals surface area contributed by atoms with Crippen molar-refractivity contribution in [3.63, 3.8) is 0 Å². The SMILES string of the molecule is CCCCCCCCCCCCCCCC(=O)NCC(=O)NCC(=O)N[C@@H](Cc1ccc(O)cc1)C(=O)N[C@@H](CCC(N)=O)C(=O)N[C@@H](CCCCN)C(=O)N[C@@H](CCCCN)C(=O)NC(=O)[C@H](CC(C)C)NC. The fourth-order valence-electron chi connectivity index (χ4n) is 8.15. The standard InChI is InChI=1S/C53H93N11O10/c1-5-6-7-8-9-10-11-12-13-14-15-16-17-24-46(67)58-35-47(68)59-36-48(69)60-44(34-38-25-27-39(65)28-26-38)53(74)63-42(29-30-45(56)66)50(71)61-40(22-18-20-31-54)49(70)62-41(23-19-21-32-55)51(72)64-52(73)43(57-4)33-37(2)3/h25-28,37,40-44,57,65H,5-24,29-36,54-55H2,1-4H3,(H2,56,66)(H,58,67)(H,59,68)(H,60,69)(H,61,71)(H,62,70)(H,63,74)(H,64,72,73)/t40-,41-,42-,43-,44-/m0/s1. The normalized spacial score (nSPS) is 13.1. The number of phenols is 1. The van der Waals surface area contributed by atoms with Gasteiger partial charge in [-0.05, 0) is 102 Å². The molecule has 21 heteroatoms. The van der Waals surface area contributed by atoms with Crippen molar-refractivity contribution >= 4 is 53.2 Å². The van der Waals surface area contributed by atoms with E-state index in [4.69, 9.17) is 17.2 Å². The van der Waals surface area contributed by atoms with Crippen LogP contribution in [0.5, 0.6) is 5.75 Å². The van der Waals surface area contributed by atoms with Gasteiger partial charge in [-0.3, -0.25) is 48.5 Å². The number of likely N-dealkylation sites (N-methyl/N-ethyl adjacent to an activating group) is 1. The van der Waals surface area contributed by atoms with E-state index in [0.717, 1.165) is 19.3 Å². The number of primary amides is 1. The predicted octanol–water partition coefficient (Wildman–Crippen LogP) is 2.39. The van der Waals surface area contributed by atoms with E-state index in [0.29, 0.717) is 50.6 Å². The average molecular weight is 1040 g/mol. The van der Waals surface area contributed by atoms with Gasteiger partial charge in [-0.1, -0.05) is 110 Å². The van der Waals surface area contributed by atoms with Crippen molar-refractivity contribution in [1.82, 2.24) is 42.5 Å². The third kappa shape index (κ3) is 31.8. The Morgan fingerprint density at radius 2 is 0.946 bits per heavy atom. The number of carbonyl (C=O) groups excluding carboxylic acids is 9. The van der Waals surface area contributed by atoms with E-state index >= 15 is 0 Å². The second-order valence-electron chi connectivity index (χ2n) is 19.6. The molecule has 0 fully saturated rings. The molecule has 0 saturated carbocycles. The monoisotopic (exact) mass is 1040 g/mol. The predicted molar refractivity (Wildman–Crippen MR) is 286 cm³/mol. The summed E-state index contributed by atoms with van der Waals surface area (Å²) in [5.74, 6) is -6.20. The van der Waals surface area contributed by atoms with Gasteiger partial charge in [-0.15, -0.1) is 0 Å². The highest BCUT2D eigenvalue weighted by atomic mass is 16.3. The number of rotatable bonds is 43. The highest BCUT2D eigenvalue weighted by molar-refractivity contribution is 6.02. The lowest BCUT2D eigenvalue weighted by Gasteiger charge is -2.27. The van der Waals surface area contributed by atoms with Crippen molar-refractivity contribution in [1.29, 1.82) is 0 Å². The Hall–Kier alpha value is -5.67. The molecular weight excluding hydrogens is 951 g/mol. The molecule has 0 saturated heterocycles. The number of benzene rings is 1. The van der Waals surface area contributed by atoms with Crippen LogP contribution in [0.2, 0.25) is 0 Å². The van der Waals surface area contributed by atoms with Gasteiger partial charge in [0.2, 0.25) is 53.2 Å². The summed E-state index contributed by atoms with van der Waals surface area (Å²) in [6.07, 6.45) is 17.2. The van der Waals surface area contributed by atoms with E-state index in [1.807, 2.05) is 13.8 Å². The van der Waals surface area contributed by atoms with Crippen LogP contribution in [0.15, 0.2) is 24.3 Å². The van der Waals surface area contributed by atoms with Crippen molar-refractivity contribution in [2.45, 2.75) is 205 Å². The summed E-state index contributed by atoms with van der Waals surface area (Å²) in [5.41, 5.74) is 17.4. The lowest BCUT2D eigenvalue weighted by atomic mass is 10.0. The number of hydrogen-bond donors (Lipinski definition) is 12. The van der Waals surface area contributed by atoms with Gasteiger partial charge >= 0.3 is 0 Å². The number of phenolic OH excluding ortho intramolecular Hbond substituents is 1. The molecule has 0 aliphatic heterocycles. The lowest BCUT2D eigenvalue weighted by molar-refractivity contribution is -0.136. The highest BCUT2D eigenvalue weighted by Crippen LogP contribution is 2.15. The molecule has 21 nitrogen and oxygen atoms in total. The smallest absolute Gasteiger partial charge is 0.249 e. The van der Waals surface area contributed by atoms with Crippen LogP contribution in [0.4, 0.5) is 0 Å². The molecule has 420 valence electrons. The zero-order valence-corrected chi connectivity index (χ0v) is 44.9. The minimum atomic E-state index is -1.47. The van der Waals surface area contributed by atoms with Crippen molar-refractivity contribution < 1.29 is 48.3 Å². The van der Waals surface area contributed by atoms with Gasteiger partial charge in [0.05, 0.1) is 19.1 Å². The van der Waals surface area contributed by atoms with Crippen LogP contribution >= 0.6 is 0 Å². The van der Waals surface area contributed by atoms with Crippen molar-refractivity contribution in [2.75, 3.05) is 33.2 Å². The average Bonchev–Trinajstić information content (AvgIpc) is 3.36. The first-order chi connectivity index (χ1) is 35.4. The molecular formula is C53H93N11O10. The van der Waals surface area contributed by atoms with E-state index in [1.54, 1.807) is 7.05 Å². The van der Waals surface area contributed by atoms with Crippen molar-refractivity contribution in [2.24, 2.45) is 23.1 Å². The molecule has 0 unspecified atom stereocenters. The molecule has 0 heterocycles. The molecule has 5 atom stereocenters. The maximum absolute atomic E-state index is 14.1. The number of nitrogens with two attached hydrogens (primary N) is 3. The maximum Gasteiger partial charge on any atom is 0.249 e. The van der Waals surface area contributed by atoms with Gasteiger partial charge in [0.15, 0.2) is 0 Å². The molecule has 9 amide bonds. The van der Waals surface area contributed by atoms with E-state index in [2.05, 4.69) is 49.5 Å². The van der Waals surface area contributed by atoms with Gasteiger partial charge < -0.3 is 59.5 Å². The Morgan fingerprint density at radius 1 is 0.500 bits per heavy atom. The quantitative estimate of drug-likeness (QED) is 0.0419. The lowest BCUT2D eigenvalue weighted by Crippen LogP contribution is -2.59. The Balaban J connectivity index is 3.05. The second-order valence-corrected chi connectivity index (χ2v) is 19.6. The summed E-state index contributed by atoms with van der Waals surface area (Å²) in [4.78, 5) is 119. The van der Waals surface area contributed by atoms with Crippen LogP contribution in [0.25, 0.3) is 0 Å². The first-order valence-corrected chi connectivity index (χ1v) is 27.2. The topological polar surface area (TPSA) is 348 Å². The minimum absolute atomic E-state index is 0.0498. The Morgan fingerprint density at radius 3 is 1.43 bits per heavy atom. The largest absolute Gasteiger partial charge is 0.508 e.